The zero-order chi connectivity index (χ0) is 4.50. The van der Waals surface area contributed by atoms with Crippen LogP contribution in [0.4, 0.5) is 3.89 Å². The van der Waals surface area contributed by atoms with Gasteiger partial charge in [0, 0.05) is 0 Å². The SMILES string of the molecule is O=S(=O)([O-])F.[F-].[Ta+2]. The van der Waals surface area contributed by atoms with Gasteiger partial charge in [-0.15, -0.1) is 3.89 Å². The summed E-state index contributed by atoms with van der Waals surface area (Å²) in [6.45, 7) is 0. The van der Waals surface area contributed by atoms with E-state index < -0.39 is 10.5 Å². The molecule has 3 nitrogen and oxygen atoms in total. The average Bonchev–Trinajstić information content (AvgIpc) is 0.722. The molecule has 0 aromatic carbocycles. The van der Waals surface area contributed by atoms with Gasteiger partial charge in [0.25, 0.3) is 10.5 Å². The summed E-state index contributed by atoms with van der Waals surface area (Å²) >= 11 is 0. The predicted molar refractivity (Wildman–Crippen MR) is 10.8 cm³/mol. The zero-order valence-corrected chi connectivity index (χ0v) is 6.87. The first-order chi connectivity index (χ1) is 2.00. The van der Waals surface area contributed by atoms with Crippen LogP contribution in [0, 0.1) is 0 Å². The molecule has 0 aromatic heterocycles. The van der Waals surface area contributed by atoms with Crippen LogP contribution in [0.5, 0.6) is 0 Å². The van der Waals surface area contributed by atoms with Gasteiger partial charge in [0.05, 0.1) is 0 Å². The van der Waals surface area contributed by atoms with E-state index in [1.54, 1.807) is 0 Å². The minimum Gasteiger partial charge on any atom is -1.00 e. The molecule has 0 atom stereocenters. The van der Waals surface area contributed by atoms with E-state index in [9.17, 15) is 3.89 Å². The summed E-state index contributed by atoms with van der Waals surface area (Å²) in [4.78, 5) is 0. The third kappa shape index (κ3) is 509. The van der Waals surface area contributed by atoms with Crippen molar-refractivity contribution in [1.82, 2.24) is 0 Å². The van der Waals surface area contributed by atoms with E-state index in [1.165, 1.54) is 0 Å². The summed E-state index contributed by atoms with van der Waals surface area (Å²) in [6.07, 6.45) is 0. The van der Waals surface area contributed by atoms with Crippen LogP contribution in [-0.4, -0.2) is 13.0 Å². The standard InChI is InChI=1S/FHO3S.FH.Ta/c1-5(2,3)4;;/h(H,2,3,4);1H;/q;;+2/p-2. The van der Waals surface area contributed by atoms with E-state index in [2.05, 4.69) is 0 Å². The quantitative estimate of drug-likeness (QED) is 0.343. The van der Waals surface area contributed by atoms with Crippen LogP contribution in [0.1, 0.15) is 0 Å². The van der Waals surface area contributed by atoms with Gasteiger partial charge in [-0.2, -0.15) is 0 Å². The number of hydrogen-bond donors (Lipinski definition) is 0. The fraction of sp³-hybridized carbons (Fsp3) is 0. The molecule has 0 N–H and O–H groups in total. The molecule has 7 heavy (non-hydrogen) atoms. The van der Waals surface area contributed by atoms with Crippen molar-refractivity contribution in [3.05, 3.63) is 0 Å². The van der Waals surface area contributed by atoms with Gasteiger partial charge in [-0.25, -0.2) is 8.42 Å². The second kappa shape index (κ2) is 4.66. The van der Waals surface area contributed by atoms with Crippen molar-refractivity contribution in [2.24, 2.45) is 0 Å². The van der Waals surface area contributed by atoms with E-state index in [0.717, 1.165) is 0 Å². The van der Waals surface area contributed by atoms with Crippen LogP contribution < -0.4 is 4.70 Å². The monoisotopic (exact) mass is 299 g/mol. The zero-order valence-electron chi connectivity index (χ0n) is 2.84. The van der Waals surface area contributed by atoms with Crippen molar-refractivity contribution >= 4 is 10.5 Å². The number of hydrogen-bond acceptors (Lipinski definition) is 3. The second-order valence-corrected chi connectivity index (χ2v) is 1.18. The predicted octanol–water partition coefficient (Wildman–Crippen LogP) is -3.58. The van der Waals surface area contributed by atoms with Crippen molar-refractivity contribution in [3.8, 4) is 0 Å². The van der Waals surface area contributed by atoms with Crippen LogP contribution in [0.15, 0.2) is 0 Å². The van der Waals surface area contributed by atoms with Crippen LogP contribution in [-0.2, 0) is 32.9 Å². The first-order valence-electron chi connectivity index (χ1n) is 0.654. The molecule has 0 saturated heterocycles. The Morgan fingerprint density at radius 3 is 1.43 bits per heavy atom. The summed E-state index contributed by atoms with van der Waals surface area (Å²) in [6, 6.07) is 0. The minimum absolute atomic E-state index is 0. The van der Waals surface area contributed by atoms with Crippen molar-refractivity contribution in [1.29, 1.82) is 0 Å². The van der Waals surface area contributed by atoms with E-state index in [0.29, 0.717) is 0 Å². The normalized spacial score (nSPS) is 8.29. The fourth-order valence-electron chi connectivity index (χ4n) is 0. The Hall–Kier alpha value is 0.510. The molecule has 7 heteroatoms. The molecule has 0 saturated carbocycles. The van der Waals surface area contributed by atoms with Gasteiger partial charge in [-0.1, -0.05) is 0 Å². The Labute approximate surface area is 54.8 Å². The molecular weight excluding hydrogens is 299 g/mol. The van der Waals surface area contributed by atoms with Gasteiger partial charge in [-0.05, 0) is 0 Å². The molecule has 0 heterocycles. The second-order valence-electron chi connectivity index (χ2n) is 0.393. The Bertz CT molecular complexity index is 96.1. The molecule has 0 aliphatic rings. The maximum Gasteiger partial charge on any atom is 2.00 e. The van der Waals surface area contributed by atoms with Gasteiger partial charge < -0.3 is 9.26 Å². The summed E-state index contributed by atoms with van der Waals surface area (Å²) in [5, 5.41) is 0. The third-order valence-electron chi connectivity index (χ3n) is 0. The van der Waals surface area contributed by atoms with Crippen LogP contribution in [0.3, 0.4) is 0 Å². The van der Waals surface area contributed by atoms with Gasteiger partial charge in [0.1, 0.15) is 0 Å². The fourth-order valence-corrected chi connectivity index (χ4v) is 0. The average molecular weight is 299 g/mol. The molecule has 0 unspecified atom stereocenters. The summed E-state index contributed by atoms with van der Waals surface area (Å²) < 4.78 is 35.3. The van der Waals surface area contributed by atoms with Gasteiger partial charge in [0.2, 0.25) is 0 Å². The van der Waals surface area contributed by atoms with Crippen molar-refractivity contribution in [2.75, 3.05) is 0 Å². The Balaban J connectivity index is -0.0000000800. The molecular formula is F2O3STa. The molecule has 0 amide bonds. The summed E-state index contributed by atoms with van der Waals surface area (Å²) in [7, 11) is -5.42. The Morgan fingerprint density at radius 1 is 1.43 bits per heavy atom. The summed E-state index contributed by atoms with van der Waals surface area (Å²) in [5.74, 6) is 0. The number of rotatable bonds is 0. The molecule has 0 aliphatic carbocycles. The maximum atomic E-state index is 10.1. The van der Waals surface area contributed by atoms with E-state index >= 15 is 0 Å². The molecule has 0 fully saturated rings. The molecule has 0 bridgehead atoms. The number of halogens is 2. The van der Waals surface area contributed by atoms with Crippen LogP contribution in [0.25, 0.3) is 0 Å². The van der Waals surface area contributed by atoms with Crippen LogP contribution in [0.2, 0.25) is 0 Å². The molecule has 0 aliphatic heterocycles. The molecule has 0 aromatic rings. The molecule has 0 spiro atoms. The van der Waals surface area contributed by atoms with Gasteiger partial charge >= 0.3 is 22.4 Å². The van der Waals surface area contributed by atoms with E-state index in [-0.39, 0.29) is 27.1 Å². The van der Waals surface area contributed by atoms with Gasteiger partial charge in [-0.3, -0.25) is 0 Å². The van der Waals surface area contributed by atoms with E-state index in [1.807, 2.05) is 0 Å². The van der Waals surface area contributed by atoms with Crippen molar-refractivity contribution in [3.63, 3.8) is 0 Å². The largest absolute Gasteiger partial charge is 2.00 e. The summed E-state index contributed by atoms with van der Waals surface area (Å²) in [5.41, 5.74) is 0. The maximum absolute atomic E-state index is 10.1. The smallest absolute Gasteiger partial charge is 1.00 e. The first kappa shape index (κ1) is 15.6. The first-order valence-corrected chi connectivity index (χ1v) is 1.96. The minimum atomic E-state index is -5.42. The molecule has 0 rings (SSSR count). The molecule has 1 radical (unpaired) electrons. The van der Waals surface area contributed by atoms with Gasteiger partial charge in [0.15, 0.2) is 0 Å². The Kier molecular flexibility index (Phi) is 10.4. The van der Waals surface area contributed by atoms with Crippen molar-refractivity contribution in [2.45, 2.75) is 0 Å². The topological polar surface area (TPSA) is 57.2 Å². The van der Waals surface area contributed by atoms with E-state index in [4.69, 9.17) is 13.0 Å². The third-order valence-corrected chi connectivity index (χ3v) is 0. The van der Waals surface area contributed by atoms with Crippen molar-refractivity contribution < 1.29 is 43.9 Å². The van der Waals surface area contributed by atoms with Crippen LogP contribution >= 0.6 is 0 Å². The molecule has 43 valence electrons. The Morgan fingerprint density at radius 2 is 1.43 bits per heavy atom.